The molecule has 0 rings (SSSR count). The highest BCUT2D eigenvalue weighted by Crippen LogP contribution is 2.09. The Hall–Kier alpha value is 0.660. The van der Waals surface area contributed by atoms with Gasteiger partial charge in [0.1, 0.15) is 0 Å². The number of aliphatic hydroxyl groups is 1. The van der Waals surface area contributed by atoms with E-state index >= 15 is 0 Å². The van der Waals surface area contributed by atoms with Crippen molar-refractivity contribution < 1.29 is 5.11 Å². The Balaban J connectivity index is 3.32. The van der Waals surface area contributed by atoms with Gasteiger partial charge in [-0.05, 0) is 6.42 Å². The Bertz CT molecular complexity index is 68.1. The largest absolute Gasteiger partial charge is 0.391 e. The van der Waals surface area contributed by atoms with Crippen LogP contribution in [0.2, 0.25) is 0 Å². The smallest absolute Gasteiger partial charge is 0.0743 e. The lowest BCUT2D eigenvalue weighted by molar-refractivity contribution is 0.193. The Morgan fingerprint density at radius 3 is 2.44 bits per heavy atom. The van der Waals surface area contributed by atoms with Gasteiger partial charge in [0.15, 0.2) is 0 Å². The minimum atomic E-state index is -0.350. The van der Waals surface area contributed by atoms with Gasteiger partial charge in [0.2, 0.25) is 0 Å². The monoisotopic (exact) mass is 166 g/mol. The first-order valence-corrected chi connectivity index (χ1v) is 4.34. The first kappa shape index (κ1) is 9.66. The van der Waals surface area contributed by atoms with Crippen LogP contribution in [0.5, 0.6) is 0 Å². The van der Waals surface area contributed by atoms with Gasteiger partial charge in [-0.15, -0.1) is 0 Å². The SMILES string of the molecule is CCCC(S)C(O)CS. The third kappa shape index (κ3) is 4.12. The summed E-state index contributed by atoms with van der Waals surface area (Å²) >= 11 is 8.14. The van der Waals surface area contributed by atoms with E-state index in [1.807, 2.05) is 0 Å². The molecule has 56 valence electrons. The highest BCUT2D eigenvalue weighted by atomic mass is 32.1. The molecule has 1 N–H and O–H groups in total. The average molecular weight is 166 g/mol. The molecule has 0 fully saturated rings. The van der Waals surface area contributed by atoms with Crippen LogP contribution in [0, 0.1) is 0 Å². The zero-order valence-electron chi connectivity index (χ0n) is 5.62. The lowest BCUT2D eigenvalue weighted by Gasteiger charge is -2.13. The van der Waals surface area contributed by atoms with Gasteiger partial charge < -0.3 is 5.11 Å². The summed E-state index contributed by atoms with van der Waals surface area (Å²) in [5, 5.41) is 9.21. The number of hydrogen-bond donors (Lipinski definition) is 3. The first-order chi connectivity index (χ1) is 4.22. The van der Waals surface area contributed by atoms with E-state index in [0.29, 0.717) is 5.75 Å². The third-order valence-corrected chi connectivity index (χ3v) is 2.19. The van der Waals surface area contributed by atoms with E-state index in [9.17, 15) is 0 Å². The highest BCUT2D eigenvalue weighted by Gasteiger charge is 2.10. The normalized spacial score (nSPS) is 17.3. The van der Waals surface area contributed by atoms with Crippen LogP contribution in [0.3, 0.4) is 0 Å². The molecular weight excluding hydrogens is 152 g/mol. The van der Waals surface area contributed by atoms with Crippen molar-refractivity contribution in [3.8, 4) is 0 Å². The Kier molecular flexibility index (Phi) is 5.84. The second-order valence-electron chi connectivity index (χ2n) is 2.11. The second-order valence-corrected chi connectivity index (χ2v) is 3.13. The van der Waals surface area contributed by atoms with Crippen LogP contribution in [0.15, 0.2) is 0 Å². The van der Waals surface area contributed by atoms with Crippen molar-refractivity contribution in [1.29, 1.82) is 0 Å². The van der Waals surface area contributed by atoms with Crippen molar-refractivity contribution >= 4 is 25.3 Å². The fourth-order valence-electron chi connectivity index (χ4n) is 0.610. The molecule has 9 heavy (non-hydrogen) atoms. The summed E-state index contributed by atoms with van der Waals surface area (Å²) in [6, 6.07) is 0. The van der Waals surface area contributed by atoms with Crippen LogP contribution in [-0.4, -0.2) is 22.2 Å². The van der Waals surface area contributed by atoms with Crippen LogP contribution in [0.1, 0.15) is 19.8 Å². The molecule has 0 aliphatic rings. The van der Waals surface area contributed by atoms with E-state index in [-0.39, 0.29) is 11.4 Å². The van der Waals surface area contributed by atoms with Crippen LogP contribution in [0.4, 0.5) is 0 Å². The van der Waals surface area contributed by atoms with Crippen molar-refractivity contribution in [1.82, 2.24) is 0 Å². The molecular formula is C6H14OS2. The fraction of sp³-hybridized carbons (Fsp3) is 1.00. The summed E-state index contributed by atoms with van der Waals surface area (Å²) in [4.78, 5) is 0. The first-order valence-electron chi connectivity index (χ1n) is 3.19. The molecule has 3 heteroatoms. The summed E-state index contributed by atoms with van der Waals surface area (Å²) in [7, 11) is 0. The van der Waals surface area contributed by atoms with E-state index in [1.165, 1.54) is 0 Å². The molecule has 2 atom stereocenters. The van der Waals surface area contributed by atoms with Gasteiger partial charge in [-0.3, -0.25) is 0 Å². The molecule has 0 aromatic carbocycles. The van der Waals surface area contributed by atoms with Crippen LogP contribution in [0.25, 0.3) is 0 Å². The molecule has 0 aliphatic carbocycles. The standard InChI is InChI=1S/C6H14OS2/c1-2-3-6(9)5(7)4-8/h5-9H,2-4H2,1H3. The van der Waals surface area contributed by atoms with Crippen molar-refractivity contribution in [2.75, 3.05) is 5.75 Å². The quantitative estimate of drug-likeness (QED) is 0.539. The molecule has 1 nitrogen and oxygen atoms in total. The summed E-state index contributed by atoms with van der Waals surface area (Å²) < 4.78 is 0. The van der Waals surface area contributed by atoms with Crippen molar-refractivity contribution in [2.45, 2.75) is 31.1 Å². The molecule has 0 heterocycles. The van der Waals surface area contributed by atoms with Crippen LogP contribution < -0.4 is 0 Å². The average Bonchev–Trinajstić information content (AvgIpc) is 1.87. The minimum absolute atomic E-state index is 0.104. The molecule has 0 bridgehead atoms. The number of aliphatic hydroxyl groups excluding tert-OH is 1. The van der Waals surface area contributed by atoms with E-state index in [4.69, 9.17) is 5.11 Å². The van der Waals surface area contributed by atoms with E-state index in [0.717, 1.165) is 12.8 Å². The summed E-state index contributed by atoms with van der Waals surface area (Å²) in [6.07, 6.45) is 1.68. The van der Waals surface area contributed by atoms with Crippen molar-refractivity contribution in [3.63, 3.8) is 0 Å². The lowest BCUT2D eigenvalue weighted by Crippen LogP contribution is -2.22. The Morgan fingerprint density at radius 1 is 1.56 bits per heavy atom. The molecule has 0 saturated heterocycles. The maximum atomic E-state index is 9.10. The molecule has 0 aromatic heterocycles. The summed E-state index contributed by atoms with van der Waals surface area (Å²) in [5.41, 5.74) is 0. The zero-order chi connectivity index (χ0) is 7.28. The van der Waals surface area contributed by atoms with E-state index in [1.54, 1.807) is 0 Å². The van der Waals surface area contributed by atoms with Gasteiger partial charge >= 0.3 is 0 Å². The molecule has 0 saturated carbocycles. The minimum Gasteiger partial charge on any atom is -0.391 e. The third-order valence-electron chi connectivity index (χ3n) is 1.22. The molecule has 2 unspecified atom stereocenters. The maximum Gasteiger partial charge on any atom is 0.0743 e. The fourth-order valence-corrected chi connectivity index (χ4v) is 1.39. The van der Waals surface area contributed by atoms with Crippen molar-refractivity contribution in [3.05, 3.63) is 0 Å². The molecule has 0 aliphatic heterocycles. The Morgan fingerprint density at radius 2 is 2.11 bits per heavy atom. The molecule has 0 aromatic rings. The zero-order valence-corrected chi connectivity index (χ0v) is 7.41. The van der Waals surface area contributed by atoms with E-state index in [2.05, 4.69) is 32.2 Å². The summed E-state index contributed by atoms with van der Waals surface area (Å²) in [6.45, 7) is 2.08. The van der Waals surface area contributed by atoms with Gasteiger partial charge in [0, 0.05) is 11.0 Å². The predicted octanol–water partition coefficient (Wildman–Crippen LogP) is 1.38. The number of hydrogen-bond acceptors (Lipinski definition) is 3. The van der Waals surface area contributed by atoms with E-state index < -0.39 is 0 Å². The predicted molar refractivity (Wildman–Crippen MR) is 47.5 cm³/mol. The Labute approximate surface area is 67.7 Å². The maximum absolute atomic E-state index is 9.10. The topological polar surface area (TPSA) is 20.2 Å². The van der Waals surface area contributed by atoms with Gasteiger partial charge in [-0.2, -0.15) is 25.3 Å². The van der Waals surface area contributed by atoms with Crippen molar-refractivity contribution in [2.24, 2.45) is 0 Å². The number of rotatable bonds is 4. The van der Waals surface area contributed by atoms with Crippen LogP contribution in [-0.2, 0) is 0 Å². The second kappa shape index (κ2) is 5.45. The molecule has 0 radical (unpaired) electrons. The van der Waals surface area contributed by atoms with Crippen LogP contribution >= 0.6 is 25.3 Å². The summed E-state index contributed by atoms with van der Waals surface area (Å²) in [5.74, 6) is 0.508. The van der Waals surface area contributed by atoms with Gasteiger partial charge in [0.25, 0.3) is 0 Å². The van der Waals surface area contributed by atoms with Gasteiger partial charge in [-0.25, -0.2) is 0 Å². The highest BCUT2D eigenvalue weighted by molar-refractivity contribution is 7.81. The van der Waals surface area contributed by atoms with Gasteiger partial charge in [0.05, 0.1) is 6.10 Å². The lowest BCUT2D eigenvalue weighted by atomic mass is 10.2. The number of thiol groups is 2. The molecule has 0 amide bonds. The molecule has 0 spiro atoms. The van der Waals surface area contributed by atoms with Gasteiger partial charge in [-0.1, -0.05) is 13.3 Å².